The zero-order valence-corrected chi connectivity index (χ0v) is 13.6. The summed E-state index contributed by atoms with van der Waals surface area (Å²) in [5.41, 5.74) is 0. The summed E-state index contributed by atoms with van der Waals surface area (Å²) >= 11 is 0. The summed E-state index contributed by atoms with van der Waals surface area (Å²) in [5, 5.41) is 9.77. The van der Waals surface area contributed by atoms with E-state index in [0.29, 0.717) is 12.2 Å². The van der Waals surface area contributed by atoms with Crippen LogP contribution in [-0.4, -0.2) is 40.4 Å². The third-order valence-corrected chi connectivity index (χ3v) is 4.36. The Hall–Kier alpha value is -1.31. The average molecular weight is 317 g/mol. The van der Waals surface area contributed by atoms with Crippen molar-refractivity contribution in [1.29, 1.82) is 0 Å². The molecule has 0 aromatic heterocycles. The molecule has 0 saturated carbocycles. The van der Waals surface area contributed by atoms with E-state index in [-0.39, 0.29) is 23.1 Å². The fourth-order valence-electron chi connectivity index (χ4n) is 1.91. The lowest BCUT2D eigenvalue weighted by atomic mass is 10.1. The smallest absolute Gasteiger partial charge is 0.244 e. The van der Waals surface area contributed by atoms with Crippen LogP contribution in [0.15, 0.2) is 23.1 Å². The van der Waals surface area contributed by atoms with Gasteiger partial charge in [-0.3, -0.25) is 0 Å². The first kappa shape index (κ1) is 17.7. The standard InChI is InChI=1S/C14H23NO5S/c1-10(2)7-11(16)9-15-21(17,18)14-8-12(19-3)5-6-13(14)20-4/h5-6,8,10-11,15-16H,7,9H2,1-4H3. The Balaban J connectivity index is 2.91. The van der Waals surface area contributed by atoms with Crippen LogP contribution in [0, 0.1) is 5.92 Å². The highest BCUT2D eigenvalue weighted by molar-refractivity contribution is 7.89. The maximum absolute atomic E-state index is 12.3. The number of ether oxygens (including phenoxy) is 2. The molecule has 1 unspecified atom stereocenters. The van der Waals surface area contributed by atoms with Crippen molar-refractivity contribution in [1.82, 2.24) is 4.72 Å². The Morgan fingerprint density at radius 2 is 1.90 bits per heavy atom. The number of aliphatic hydroxyl groups excluding tert-OH is 1. The van der Waals surface area contributed by atoms with E-state index < -0.39 is 16.1 Å². The van der Waals surface area contributed by atoms with E-state index >= 15 is 0 Å². The molecule has 21 heavy (non-hydrogen) atoms. The second kappa shape index (κ2) is 7.63. The van der Waals surface area contributed by atoms with E-state index in [2.05, 4.69) is 4.72 Å². The lowest BCUT2D eigenvalue weighted by Crippen LogP contribution is -2.33. The van der Waals surface area contributed by atoms with Crippen LogP contribution in [-0.2, 0) is 10.0 Å². The molecule has 1 atom stereocenters. The molecule has 120 valence electrons. The van der Waals surface area contributed by atoms with Gasteiger partial charge in [0.25, 0.3) is 0 Å². The molecule has 6 nitrogen and oxygen atoms in total. The molecule has 0 aliphatic heterocycles. The fourth-order valence-corrected chi connectivity index (χ4v) is 3.16. The van der Waals surface area contributed by atoms with Crippen LogP contribution < -0.4 is 14.2 Å². The molecule has 0 aliphatic rings. The van der Waals surface area contributed by atoms with Gasteiger partial charge in [0.05, 0.1) is 20.3 Å². The Kier molecular flexibility index (Phi) is 6.44. The van der Waals surface area contributed by atoms with Crippen LogP contribution in [0.2, 0.25) is 0 Å². The van der Waals surface area contributed by atoms with Gasteiger partial charge in [0.2, 0.25) is 10.0 Å². The van der Waals surface area contributed by atoms with Crippen molar-refractivity contribution >= 4 is 10.0 Å². The molecule has 0 radical (unpaired) electrons. The number of nitrogens with one attached hydrogen (secondary N) is 1. The van der Waals surface area contributed by atoms with Gasteiger partial charge in [0, 0.05) is 12.6 Å². The quantitative estimate of drug-likeness (QED) is 0.757. The van der Waals surface area contributed by atoms with Gasteiger partial charge in [-0.2, -0.15) is 0 Å². The van der Waals surface area contributed by atoms with E-state index in [9.17, 15) is 13.5 Å². The van der Waals surface area contributed by atoms with Gasteiger partial charge in [-0.25, -0.2) is 13.1 Å². The van der Waals surface area contributed by atoms with Gasteiger partial charge in [0.1, 0.15) is 16.4 Å². The summed E-state index contributed by atoms with van der Waals surface area (Å²) in [4.78, 5) is -0.0129. The minimum atomic E-state index is -3.78. The van der Waals surface area contributed by atoms with E-state index in [1.165, 1.54) is 26.4 Å². The largest absolute Gasteiger partial charge is 0.497 e. The van der Waals surface area contributed by atoms with Crippen molar-refractivity contribution in [2.75, 3.05) is 20.8 Å². The summed E-state index contributed by atoms with van der Waals surface area (Å²) < 4.78 is 37.1. The van der Waals surface area contributed by atoms with Crippen LogP contribution in [0.1, 0.15) is 20.3 Å². The third kappa shape index (κ3) is 5.18. The highest BCUT2D eigenvalue weighted by Gasteiger charge is 2.21. The minimum absolute atomic E-state index is 0.0129. The Morgan fingerprint density at radius 1 is 1.24 bits per heavy atom. The maximum atomic E-state index is 12.3. The molecule has 0 spiro atoms. The first-order valence-electron chi connectivity index (χ1n) is 6.70. The molecule has 0 bridgehead atoms. The van der Waals surface area contributed by atoms with Crippen molar-refractivity contribution < 1.29 is 23.0 Å². The second-order valence-electron chi connectivity index (χ2n) is 5.15. The van der Waals surface area contributed by atoms with E-state index in [1.807, 2.05) is 13.8 Å². The van der Waals surface area contributed by atoms with Crippen molar-refractivity contribution in [3.05, 3.63) is 18.2 Å². The Labute approximate surface area is 126 Å². The molecule has 1 aromatic carbocycles. The molecular weight excluding hydrogens is 294 g/mol. The molecule has 1 rings (SSSR count). The number of benzene rings is 1. The van der Waals surface area contributed by atoms with Crippen LogP contribution in [0.3, 0.4) is 0 Å². The Morgan fingerprint density at radius 3 is 2.43 bits per heavy atom. The fraction of sp³-hybridized carbons (Fsp3) is 0.571. The number of hydrogen-bond donors (Lipinski definition) is 2. The highest BCUT2D eigenvalue weighted by atomic mass is 32.2. The summed E-state index contributed by atoms with van der Waals surface area (Å²) in [5.74, 6) is 0.927. The van der Waals surface area contributed by atoms with Crippen LogP contribution in [0.4, 0.5) is 0 Å². The molecule has 1 aromatic rings. The van der Waals surface area contributed by atoms with Crippen LogP contribution in [0.25, 0.3) is 0 Å². The third-order valence-electron chi connectivity index (χ3n) is 2.91. The predicted octanol–water partition coefficient (Wildman–Crippen LogP) is 1.39. The highest BCUT2D eigenvalue weighted by Crippen LogP contribution is 2.27. The number of methoxy groups -OCH3 is 2. The second-order valence-corrected chi connectivity index (χ2v) is 6.89. The number of sulfonamides is 1. The number of hydrogen-bond acceptors (Lipinski definition) is 5. The van der Waals surface area contributed by atoms with Crippen molar-refractivity contribution in [2.45, 2.75) is 31.3 Å². The van der Waals surface area contributed by atoms with E-state index in [4.69, 9.17) is 9.47 Å². The SMILES string of the molecule is COc1ccc(OC)c(S(=O)(=O)NCC(O)CC(C)C)c1. The molecule has 2 N–H and O–H groups in total. The molecular formula is C14H23NO5S. The van der Waals surface area contributed by atoms with Gasteiger partial charge in [0.15, 0.2) is 0 Å². The van der Waals surface area contributed by atoms with Gasteiger partial charge in [-0.05, 0) is 24.5 Å². The molecule has 0 heterocycles. The first-order chi connectivity index (χ1) is 9.80. The summed E-state index contributed by atoms with van der Waals surface area (Å²) in [6, 6.07) is 4.53. The molecule has 0 saturated heterocycles. The minimum Gasteiger partial charge on any atom is -0.497 e. The zero-order chi connectivity index (χ0) is 16.0. The van der Waals surface area contributed by atoms with Gasteiger partial charge < -0.3 is 14.6 Å². The van der Waals surface area contributed by atoms with Crippen LogP contribution >= 0.6 is 0 Å². The molecule has 7 heteroatoms. The summed E-state index contributed by atoms with van der Waals surface area (Å²) in [6.45, 7) is 3.88. The zero-order valence-electron chi connectivity index (χ0n) is 12.8. The van der Waals surface area contributed by atoms with E-state index in [0.717, 1.165) is 0 Å². The lowest BCUT2D eigenvalue weighted by molar-refractivity contribution is 0.152. The average Bonchev–Trinajstić information content (AvgIpc) is 2.44. The number of aliphatic hydroxyl groups is 1. The predicted molar refractivity (Wildman–Crippen MR) is 80.2 cm³/mol. The normalized spacial score (nSPS) is 13.2. The summed E-state index contributed by atoms with van der Waals surface area (Å²) in [7, 11) is -0.928. The topological polar surface area (TPSA) is 84.9 Å². The molecule has 0 aliphatic carbocycles. The Bertz CT molecular complexity index is 556. The molecule has 0 amide bonds. The van der Waals surface area contributed by atoms with Crippen LogP contribution in [0.5, 0.6) is 11.5 Å². The van der Waals surface area contributed by atoms with Crippen molar-refractivity contribution in [3.63, 3.8) is 0 Å². The van der Waals surface area contributed by atoms with Gasteiger partial charge in [-0.1, -0.05) is 13.8 Å². The number of rotatable bonds is 8. The van der Waals surface area contributed by atoms with Gasteiger partial charge >= 0.3 is 0 Å². The van der Waals surface area contributed by atoms with E-state index in [1.54, 1.807) is 6.07 Å². The monoisotopic (exact) mass is 317 g/mol. The molecule has 0 fully saturated rings. The maximum Gasteiger partial charge on any atom is 0.244 e. The lowest BCUT2D eigenvalue weighted by Gasteiger charge is -2.15. The van der Waals surface area contributed by atoms with Crippen molar-refractivity contribution in [2.24, 2.45) is 5.92 Å². The first-order valence-corrected chi connectivity index (χ1v) is 8.18. The van der Waals surface area contributed by atoms with Gasteiger partial charge in [-0.15, -0.1) is 0 Å². The van der Waals surface area contributed by atoms with Crippen molar-refractivity contribution in [3.8, 4) is 11.5 Å². The summed E-state index contributed by atoms with van der Waals surface area (Å²) in [6.07, 6.45) is -0.200.